The predicted octanol–water partition coefficient (Wildman–Crippen LogP) is 2.31. The van der Waals surface area contributed by atoms with E-state index in [1.807, 2.05) is 28.7 Å². The molecule has 82 valence electrons. The number of para-hydroxylation sites is 1. The van der Waals surface area contributed by atoms with E-state index in [-0.39, 0.29) is 11.7 Å². The molecule has 0 atom stereocenters. The zero-order valence-corrected chi connectivity index (χ0v) is 10.4. The molecule has 0 fully saturated rings. The number of nitrogens with one attached hydrogen (secondary N) is 1. The molecule has 4 nitrogen and oxygen atoms in total. The van der Waals surface area contributed by atoms with E-state index in [0.717, 1.165) is 5.39 Å². The minimum absolute atomic E-state index is 0.0727. The molecule has 2 N–H and O–H groups in total. The first-order valence-electron chi connectivity index (χ1n) is 4.65. The number of pyridine rings is 1. The van der Waals surface area contributed by atoms with E-state index in [4.69, 9.17) is 0 Å². The zero-order chi connectivity index (χ0) is 11.5. The molecule has 0 saturated carbocycles. The number of phenols is 1. The van der Waals surface area contributed by atoms with E-state index in [9.17, 15) is 9.90 Å². The minimum Gasteiger partial charge on any atom is -0.506 e. The number of benzene rings is 1. The second-order valence-corrected chi connectivity index (χ2v) is 3.98. The molecule has 1 aromatic heterocycles. The van der Waals surface area contributed by atoms with Crippen molar-refractivity contribution in [2.24, 2.45) is 0 Å². The summed E-state index contributed by atoms with van der Waals surface area (Å²) in [4.78, 5) is 15.4. The maximum Gasteiger partial charge on any atom is 0.234 e. The van der Waals surface area contributed by atoms with Crippen molar-refractivity contribution in [3.8, 4) is 5.75 Å². The Hall–Kier alpha value is -1.37. The van der Waals surface area contributed by atoms with Crippen LogP contribution < -0.4 is 5.32 Å². The lowest BCUT2D eigenvalue weighted by molar-refractivity contribution is -0.113. The van der Waals surface area contributed by atoms with Crippen LogP contribution in [0.25, 0.3) is 10.9 Å². The number of carbonyl (C=O) groups excluding carboxylic acids is 1. The summed E-state index contributed by atoms with van der Waals surface area (Å²) in [6, 6.07) is 6.81. The summed E-state index contributed by atoms with van der Waals surface area (Å²) in [7, 11) is 0. The zero-order valence-electron chi connectivity index (χ0n) is 8.27. The Kier molecular flexibility index (Phi) is 3.23. The summed E-state index contributed by atoms with van der Waals surface area (Å²) < 4.78 is 0.389. The summed E-state index contributed by atoms with van der Waals surface area (Å²) >= 11 is 1.99. The largest absolute Gasteiger partial charge is 0.506 e. The highest BCUT2D eigenvalue weighted by molar-refractivity contribution is 14.1. The Morgan fingerprint density at radius 2 is 2.25 bits per heavy atom. The topological polar surface area (TPSA) is 62.2 Å². The highest BCUT2D eigenvalue weighted by Gasteiger charge is 2.07. The fourth-order valence-electron chi connectivity index (χ4n) is 1.45. The monoisotopic (exact) mass is 328 g/mol. The second kappa shape index (κ2) is 4.65. The van der Waals surface area contributed by atoms with Crippen LogP contribution in [0.2, 0.25) is 0 Å². The molecule has 0 bridgehead atoms. The van der Waals surface area contributed by atoms with Crippen molar-refractivity contribution >= 4 is 45.1 Å². The number of amides is 1. The van der Waals surface area contributed by atoms with Crippen molar-refractivity contribution in [1.29, 1.82) is 0 Å². The third-order valence-electron chi connectivity index (χ3n) is 2.15. The molecule has 1 aromatic carbocycles. The van der Waals surface area contributed by atoms with Gasteiger partial charge in [-0.25, -0.2) is 0 Å². The van der Waals surface area contributed by atoms with Crippen LogP contribution in [0, 0.1) is 0 Å². The van der Waals surface area contributed by atoms with Crippen LogP contribution in [-0.2, 0) is 4.79 Å². The molecule has 0 aliphatic heterocycles. The van der Waals surface area contributed by atoms with Gasteiger partial charge in [-0.3, -0.25) is 9.78 Å². The minimum atomic E-state index is -0.0727. The molecular formula is C11H9IN2O2. The lowest BCUT2D eigenvalue weighted by atomic mass is 10.1. The maximum absolute atomic E-state index is 11.3. The Balaban J connectivity index is 2.54. The number of nitrogens with zero attached hydrogens (tertiary/aromatic N) is 1. The van der Waals surface area contributed by atoms with Gasteiger partial charge in [-0.1, -0.05) is 34.7 Å². The van der Waals surface area contributed by atoms with Gasteiger partial charge in [-0.2, -0.15) is 0 Å². The average Bonchev–Trinajstić information content (AvgIpc) is 2.30. The summed E-state index contributed by atoms with van der Waals surface area (Å²) in [5, 5.41) is 13.1. The Labute approximate surface area is 106 Å². The maximum atomic E-state index is 11.3. The van der Waals surface area contributed by atoms with Crippen LogP contribution in [0.4, 0.5) is 5.69 Å². The first kappa shape index (κ1) is 11.1. The van der Waals surface area contributed by atoms with Crippen molar-refractivity contribution in [3.05, 3.63) is 30.5 Å². The number of hydrogen-bond donors (Lipinski definition) is 2. The van der Waals surface area contributed by atoms with E-state index in [1.165, 1.54) is 0 Å². The van der Waals surface area contributed by atoms with Gasteiger partial charge in [0.1, 0.15) is 11.3 Å². The number of phenolic OH excluding ortho intramolecular Hbond substituents is 1. The third-order valence-corrected chi connectivity index (χ3v) is 2.84. The van der Waals surface area contributed by atoms with Crippen molar-refractivity contribution in [1.82, 2.24) is 4.98 Å². The number of anilines is 1. The normalized spacial score (nSPS) is 10.3. The molecule has 1 heterocycles. The average molecular weight is 328 g/mol. The number of rotatable bonds is 2. The smallest absolute Gasteiger partial charge is 0.234 e. The van der Waals surface area contributed by atoms with E-state index in [1.54, 1.807) is 24.4 Å². The molecule has 0 aliphatic rings. The number of fused-ring (bicyclic) bond motifs is 1. The van der Waals surface area contributed by atoms with Gasteiger partial charge < -0.3 is 10.4 Å². The molecule has 0 aliphatic carbocycles. The Morgan fingerprint density at radius 1 is 1.44 bits per heavy atom. The molecular weight excluding hydrogens is 319 g/mol. The first-order chi connectivity index (χ1) is 7.72. The fourth-order valence-corrected chi connectivity index (χ4v) is 1.64. The lowest BCUT2D eigenvalue weighted by Gasteiger charge is -2.07. The standard InChI is InChI=1S/C11H9IN2O2/c12-6-10(16)14-8-4-5-13-11-7(8)2-1-3-9(11)15/h1-5,15H,6H2,(H,13,14,16). The molecule has 5 heteroatoms. The van der Waals surface area contributed by atoms with Crippen molar-refractivity contribution in [2.75, 3.05) is 9.74 Å². The quantitative estimate of drug-likeness (QED) is 0.657. The molecule has 0 saturated heterocycles. The van der Waals surface area contributed by atoms with Crippen LogP contribution >= 0.6 is 22.6 Å². The molecule has 16 heavy (non-hydrogen) atoms. The molecule has 2 aromatic rings. The molecule has 2 rings (SSSR count). The van der Waals surface area contributed by atoms with E-state index in [2.05, 4.69) is 10.3 Å². The van der Waals surface area contributed by atoms with Gasteiger partial charge in [0.25, 0.3) is 0 Å². The number of aromatic hydroxyl groups is 1. The molecule has 0 unspecified atom stereocenters. The summed E-state index contributed by atoms with van der Waals surface area (Å²) in [6.07, 6.45) is 1.56. The van der Waals surface area contributed by atoms with Gasteiger partial charge in [0.05, 0.1) is 10.1 Å². The summed E-state index contributed by atoms with van der Waals surface area (Å²) in [5.74, 6) is 0.0412. The van der Waals surface area contributed by atoms with E-state index < -0.39 is 0 Å². The predicted molar refractivity (Wildman–Crippen MR) is 70.9 cm³/mol. The van der Waals surface area contributed by atoms with Crippen molar-refractivity contribution in [3.63, 3.8) is 0 Å². The third kappa shape index (κ3) is 2.08. The van der Waals surface area contributed by atoms with Gasteiger partial charge in [0.2, 0.25) is 5.91 Å². The van der Waals surface area contributed by atoms with Gasteiger partial charge >= 0.3 is 0 Å². The fraction of sp³-hybridized carbons (Fsp3) is 0.0909. The number of halogens is 1. The van der Waals surface area contributed by atoms with Crippen LogP contribution in [0.1, 0.15) is 0 Å². The SMILES string of the molecule is O=C(CI)Nc1ccnc2c(O)cccc12. The van der Waals surface area contributed by atoms with Crippen LogP contribution in [0.5, 0.6) is 5.75 Å². The van der Waals surface area contributed by atoms with Gasteiger partial charge in [-0.15, -0.1) is 0 Å². The van der Waals surface area contributed by atoms with Crippen LogP contribution in [0.15, 0.2) is 30.5 Å². The van der Waals surface area contributed by atoms with Crippen molar-refractivity contribution < 1.29 is 9.90 Å². The van der Waals surface area contributed by atoms with Gasteiger partial charge in [-0.05, 0) is 12.1 Å². The van der Waals surface area contributed by atoms with Crippen LogP contribution in [-0.4, -0.2) is 20.4 Å². The molecule has 0 radical (unpaired) electrons. The highest BCUT2D eigenvalue weighted by atomic mass is 127. The van der Waals surface area contributed by atoms with Crippen molar-refractivity contribution in [2.45, 2.75) is 0 Å². The number of alkyl halides is 1. The summed E-state index contributed by atoms with van der Waals surface area (Å²) in [5.41, 5.74) is 1.16. The Bertz CT molecular complexity index is 542. The summed E-state index contributed by atoms with van der Waals surface area (Å²) in [6.45, 7) is 0. The second-order valence-electron chi connectivity index (χ2n) is 3.21. The number of carbonyl (C=O) groups is 1. The molecule has 1 amide bonds. The number of aromatic nitrogens is 1. The Morgan fingerprint density at radius 3 is 3.00 bits per heavy atom. The first-order valence-corrected chi connectivity index (χ1v) is 6.17. The van der Waals surface area contributed by atoms with Gasteiger partial charge in [0.15, 0.2) is 0 Å². The van der Waals surface area contributed by atoms with Crippen LogP contribution in [0.3, 0.4) is 0 Å². The van der Waals surface area contributed by atoms with Gasteiger partial charge in [0, 0.05) is 11.6 Å². The number of hydrogen-bond acceptors (Lipinski definition) is 3. The van der Waals surface area contributed by atoms with E-state index >= 15 is 0 Å². The van der Waals surface area contributed by atoms with E-state index in [0.29, 0.717) is 15.6 Å². The molecule has 0 spiro atoms. The lowest BCUT2D eigenvalue weighted by Crippen LogP contribution is -2.12. The highest BCUT2D eigenvalue weighted by Crippen LogP contribution is 2.27.